The van der Waals surface area contributed by atoms with Crippen molar-refractivity contribution in [1.82, 2.24) is 9.97 Å². The molecule has 0 bridgehead atoms. The molecule has 0 saturated heterocycles. The molecule has 2 aromatic rings. The molecule has 1 aliphatic carbocycles. The lowest BCUT2D eigenvalue weighted by Crippen LogP contribution is -2.29. The van der Waals surface area contributed by atoms with Crippen molar-refractivity contribution in [3.8, 4) is 0 Å². The Hall–Kier alpha value is -2.65. The number of nitrogens with two attached hydrogens (primary N) is 1. The van der Waals surface area contributed by atoms with Crippen LogP contribution in [0.2, 0.25) is 5.02 Å². The zero-order chi connectivity index (χ0) is 21.7. The van der Waals surface area contributed by atoms with Crippen molar-refractivity contribution in [2.75, 3.05) is 36.2 Å². The van der Waals surface area contributed by atoms with Gasteiger partial charge in [-0.15, -0.1) is 0 Å². The number of nitro groups is 1. The van der Waals surface area contributed by atoms with Crippen LogP contribution in [0.25, 0.3) is 0 Å². The van der Waals surface area contributed by atoms with E-state index in [4.69, 9.17) is 17.3 Å². The molecule has 1 aromatic heterocycles. The molecule has 0 radical (unpaired) electrons. The van der Waals surface area contributed by atoms with Gasteiger partial charge in [-0.05, 0) is 43.2 Å². The lowest BCUT2D eigenvalue weighted by Gasteiger charge is -2.26. The summed E-state index contributed by atoms with van der Waals surface area (Å²) < 4.78 is 0. The van der Waals surface area contributed by atoms with Crippen molar-refractivity contribution >= 4 is 34.7 Å². The summed E-state index contributed by atoms with van der Waals surface area (Å²) in [6.45, 7) is 1.03. The topological polar surface area (TPSA) is 122 Å². The molecule has 9 nitrogen and oxygen atoms in total. The van der Waals surface area contributed by atoms with Gasteiger partial charge < -0.3 is 21.3 Å². The number of nitrogens with one attached hydrogen (secondary N) is 2. The van der Waals surface area contributed by atoms with E-state index in [2.05, 4.69) is 20.6 Å². The van der Waals surface area contributed by atoms with Gasteiger partial charge in [0.1, 0.15) is 6.20 Å². The molecule has 1 aliphatic rings. The van der Waals surface area contributed by atoms with Crippen LogP contribution in [-0.4, -0.2) is 41.6 Å². The molecule has 0 unspecified atom stereocenters. The number of anilines is 3. The average Bonchev–Trinajstić information content (AvgIpc) is 2.72. The standard InChI is InChI=1S/C20H28ClN7O2/c1-27(2)16-5-3-4-14(18(16)21)11-24-20-25-12-17(28(29)30)19(26-20)23-10-13-6-8-15(22)9-7-13/h3-5,12-13,15H,6-11,22H2,1-2H3,(H2,23,24,25,26). The predicted octanol–water partition coefficient (Wildman–Crippen LogP) is 3.65. The third kappa shape index (κ3) is 5.48. The van der Waals surface area contributed by atoms with Gasteiger partial charge in [0.2, 0.25) is 11.8 Å². The van der Waals surface area contributed by atoms with E-state index in [-0.39, 0.29) is 17.5 Å². The number of rotatable bonds is 8. The van der Waals surface area contributed by atoms with Gasteiger partial charge in [0, 0.05) is 33.2 Å². The van der Waals surface area contributed by atoms with Crippen molar-refractivity contribution in [2.24, 2.45) is 11.7 Å². The summed E-state index contributed by atoms with van der Waals surface area (Å²) in [5, 5.41) is 18.3. The highest BCUT2D eigenvalue weighted by Crippen LogP contribution is 2.29. The van der Waals surface area contributed by atoms with Gasteiger partial charge in [0.05, 0.1) is 15.6 Å². The van der Waals surface area contributed by atoms with Crippen molar-refractivity contribution in [2.45, 2.75) is 38.3 Å². The fraction of sp³-hybridized carbons (Fsp3) is 0.500. The Bertz CT molecular complexity index is 885. The molecule has 162 valence electrons. The van der Waals surface area contributed by atoms with E-state index in [1.54, 1.807) is 0 Å². The molecule has 30 heavy (non-hydrogen) atoms. The molecule has 0 spiro atoms. The zero-order valence-electron chi connectivity index (χ0n) is 17.3. The van der Waals surface area contributed by atoms with Crippen LogP contribution in [0.3, 0.4) is 0 Å². The first-order valence-corrected chi connectivity index (χ1v) is 10.4. The second-order valence-electron chi connectivity index (χ2n) is 7.84. The van der Waals surface area contributed by atoms with Crippen LogP contribution in [0.1, 0.15) is 31.2 Å². The van der Waals surface area contributed by atoms with Gasteiger partial charge in [-0.3, -0.25) is 10.1 Å². The van der Waals surface area contributed by atoms with Gasteiger partial charge in [0.15, 0.2) is 0 Å². The molecule has 0 atom stereocenters. The van der Waals surface area contributed by atoms with Crippen LogP contribution in [0.4, 0.5) is 23.1 Å². The SMILES string of the molecule is CN(C)c1cccc(CNc2ncc([N+](=O)[O-])c(NCC3CCC(N)CC3)n2)c1Cl. The van der Waals surface area contributed by atoms with E-state index in [1.807, 2.05) is 37.2 Å². The predicted molar refractivity (Wildman–Crippen MR) is 120 cm³/mol. The van der Waals surface area contributed by atoms with E-state index < -0.39 is 4.92 Å². The number of hydrogen-bond donors (Lipinski definition) is 3. The third-order valence-corrected chi connectivity index (χ3v) is 5.83. The summed E-state index contributed by atoms with van der Waals surface area (Å²) in [5.74, 6) is 0.962. The fourth-order valence-electron chi connectivity index (χ4n) is 3.58. The van der Waals surface area contributed by atoms with Crippen LogP contribution in [0.5, 0.6) is 0 Å². The molecule has 1 fully saturated rings. The van der Waals surface area contributed by atoms with E-state index in [1.165, 1.54) is 6.20 Å². The fourth-order valence-corrected chi connectivity index (χ4v) is 3.94. The Balaban J connectivity index is 1.69. The minimum atomic E-state index is -0.472. The van der Waals surface area contributed by atoms with E-state index in [0.717, 1.165) is 36.9 Å². The molecule has 1 heterocycles. The Labute approximate surface area is 181 Å². The highest BCUT2D eigenvalue weighted by molar-refractivity contribution is 6.34. The molecular formula is C20H28ClN7O2. The van der Waals surface area contributed by atoms with Crippen LogP contribution in [0, 0.1) is 16.0 Å². The van der Waals surface area contributed by atoms with Crippen molar-refractivity contribution in [3.05, 3.63) is 45.1 Å². The van der Waals surface area contributed by atoms with Crippen molar-refractivity contribution < 1.29 is 4.92 Å². The van der Waals surface area contributed by atoms with E-state index in [9.17, 15) is 10.1 Å². The maximum atomic E-state index is 11.4. The van der Waals surface area contributed by atoms with Gasteiger partial charge >= 0.3 is 5.69 Å². The number of halogens is 1. The smallest absolute Gasteiger partial charge is 0.329 e. The maximum absolute atomic E-state index is 11.4. The molecule has 4 N–H and O–H groups in total. The molecular weight excluding hydrogens is 406 g/mol. The molecule has 1 aromatic carbocycles. The zero-order valence-corrected chi connectivity index (χ0v) is 18.0. The molecule has 1 saturated carbocycles. The first kappa shape index (κ1) is 22.0. The highest BCUT2D eigenvalue weighted by atomic mass is 35.5. The quantitative estimate of drug-likeness (QED) is 0.426. The van der Waals surface area contributed by atoms with Gasteiger partial charge in [-0.1, -0.05) is 23.7 Å². The third-order valence-electron chi connectivity index (χ3n) is 5.39. The lowest BCUT2D eigenvalue weighted by molar-refractivity contribution is -0.384. The van der Waals surface area contributed by atoms with Crippen LogP contribution in [0.15, 0.2) is 24.4 Å². The second-order valence-corrected chi connectivity index (χ2v) is 8.22. The normalized spacial score (nSPS) is 18.7. The summed E-state index contributed by atoms with van der Waals surface area (Å²) in [6.07, 6.45) is 5.22. The summed E-state index contributed by atoms with van der Waals surface area (Å²) in [6, 6.07) is 6.05. The minimum absolute atomic E-state index is 0.138. The Morgan fingerprint density at radius 1 is 1.27 bits per heavy atom. The van der Waals surface area contributed by atoms with Crippen LogP contribution < -0.4 is 21.3 Å². The highest BCUT2D eigenvalue weighted by Gasteiger charge is 2.22. The number of aromatic nitrogens is 2. The molecule has 0 aliphatic heterocycles. The largest absolute Gasteiger partial charge is 0.376 e. The van der Waals surface area contributed by atoms with Gasteiger partial charge in [-0.25, -0.2) is 4.98 Å². The van der Waals surface area contributed by atoms with Crippen LogP contribution >= 0.6 is 11.6 Å². The summed E-state index contributed by atoms with van der Waals surface area (Å²) >= 11 is 6.48. The molecule has 3 rings (SSSR count). The van der Waals surface area contributed by atoms with Crippen LogP contribution in [-0.2, 0) is 6.54 Å². The van der Waals surface area contributed by atoms with Crippen molar-refractivity contribution in [3.63, 3.8) is 0 Å². The summed E-state index contributed by atoms with van der Waals surface area (Å²) in [4.78, 5) is 21.3. The Morgan fingerprint density at radius 2 is 2.00 bits per heavy atom. The number of hydrogen-bond acceptors (Lipinski definition) is 8. The first-order chi connectivity index (χ1) is 14.3. The van der Waals surface area contributed by atoms with E-state index >= 15 is 0 Å². The minimum Gasteiger partial charge on any atom is -0.376 e. The van der Waals surface area contributed by atoms with Gasteiger partial charge in [0.25, 0.3) is 0 Å². The van der Waals surface area contributed by atoms with E-state index in [0.29, 0.717) is 30.0 Å². The lowest BCUT2D eigenvalue weighted by atomic mass is 9.86. The van der Waals surface area contributed by atoms with Crippen molar-refractivity contribution in [1.29, 1.82) is 0 Å². The first-order valence-electron chi connectivity index (χ1n) is 10.0. The second kappa shape index (κ2) is 9.90. The Kier molecular flexibility index (Phi) is 7.28. The monoisotopic (exact) mass is 433 g/mol. The summed E-state index contributed by atoms with van der Waals surface area (Å²) in [7, 11) is 3.85. The summed E-state index contributed by atoms with van der Waals surface area (Å²) in [5.41, 5.74) is 7.62. The number of benzene rings is 1. The molecule has 10 heteroatoms. The maximum Gasteiger partial charge on any atom is 0.329 e. The average molecular weight is 434 g/mol. The molecule has 0 amide bonds. The Morgan fingerprint density at radius 3 is 2.67 bits per heavy atom. The van der Waals surface area contributed by atoms with Gasteiger partial charge in [-0.2, -0.15) is 4.98 Å². The number of nitrogens with zero attached hydrogens (tertiary/aromatic N) is 4.